The zero-order chi connectivity index (χ0) is 16.1. The summed E-state index contributed by atoms with van der Waals surface area (Å²) in [5, 5.41) is 7.47. The van der Waals surface area contributed by atoms with Crippen molar-refractivity contribution in [1.29, 1.82) is 0 Å². The Morgan fingerprint density at radius 2 is 2.23 bits per heavy atom. The number of guanidine groups is 1. The Balaban J connectivity index is 1.92. The Labute approximate surface area is 132 Å². The predicted octanol–water partition coefficient (Wildman–Crippen LogP) is 0.690. The Kier molecular flexibility index (Phi) is 5.41. The highest BCUT2D eigenvalue weighted by Gasteiger charge is 2.27. The minimum atomic E-state index is 0.0751. The third kappa shape index (κ3) is 3.99. The van der Waals surface area contributed by atoms with Crippen LogP contribution in [0.1, 0.15) is 20.3 Å². The molecule has 0 aromatic carbocycles. The van der Waals surface area contributed by atoms with Crippen LogP contribution in [0.5, 0.6) is 0 Å². The van der Waals surface area contributed by atoms with Crippen LogP contribution in [0.25, 0.3) is 0 Å². The van der Waals surface area contributed by atoms with E-state index in [0.29, 0.717) is 19.0 Å². The van der Waals surface area contributed by atoms with Crippen molar-refractivity contribution in [3.05, 3.63) is 12.4 Å². The SMILES string of the molecule is CN=C(NCCC(C)C)N1CCN(c2cnn(C)c2)C(=O)C1. The molecule has 1 aromatic rings. The van der Waals surface area contributed by atoms with Crippen molar-refractivity contribution in [3.8, 4) is 0 Å². The molecule has 0 atom stereocenters. The second-order valence-electron chi connectivity index (χ2n) is 6.00. The lowest BCUT2D eigenvalue weighted by molar-refractivity contribution is -0.120. The molecule has 1 amide bonds. The van der Waals surface area contributed by atoms with Gasteiger partial charge in [-0.2, -0.15) is 5.10 Å². The summed E-state index contributed by atoms with van der Waals surface area (Å²) in [6.07, 6.45) is 4.68. The van der Waals surface area contributed by atoms with Crippen LogP contribution in [0.4, 0.5) is 5.69 Å². The maximum atomic E-state index is 12.4. The van der Waals surface area contributed by atoms with E-state index >= 15 is 0 Å². The number of hydrogen-bond donors (Lipinski definition) is 1. The summed E-state index contributed by atoms with van der Waals surface area (Å²) in [5.74, 6) is 1.53. The van der Waals surface area contributed by atoms with Gasteiger partial charge in [-0.05, 0) is 12.3 Å². The van der Waals surface area contributed by atoms with Crippen molar-refractivity contribution in [2.24, 2.45) is 18.0 Å². The van der Waals surface area contributed by atoms with E-state index in [-0.39, 0.29) is 5.91 Å². The highest BCUT2D eigenvalue weighted by molar-refractivity contribution is 5.98. The van der Waals surface area contributed by atoms with Crippen molar-refractivity contribution in [3.63, 3.8) is 0 Å². The molecule has 0 saturated carbocycles. The maximum absolute atomic E-state index is 12.4. The molecule has 1 aliphatic rings. The quantitative estimate of drug-likeness (QED) is 0.656. The van der Waals surface area contributed by atoms with Gasteiger partial charge in [0.05, 0.1) is 11.9 Å². The maximum Gasteiger partial charge on any atom is 0.246 e. The van der Waals surface area contributed by atoms with Gasteiger partial charge < -0.3 is 15.1 Å². The van der Waals surface area contributed by atoms with Gasteiger partial charge in [0.1, 0.15) is 6.54 Å². The zero-order valence-electron chi connectivity index (χ0n) is 13.9. The number of rotatable bonds is 4. The van der Waals surface area contributed by atoms with Crippen LogP contribution in [-0.2, 0) is 11.8 Å². The first-order valence-corrected chi connectivity index (χ1v) is 7.76. The van der Waals surface area contributed by atoms with Gasteiger partial charge in [-0.15, -0.1) is 0 Å². The second-order valence-corrected chi connectivity index (χ2v) is 6.00. The van der Waals surface area contributed by atoms with E-state index in [2.05, 4.69) is 29.3 Å². The van der Waals surface area contributed by atoms with E-state index in [1.807, 2.05) is 18.1 Å². The van der Waals surface area contributed by atoms with Gasteiger partial charge in [-0.3, -0.25) is 14.5 Å². The third-order valence-corrected chi connectivity index (χ3v) is 3.74. The molecule has 1 saturated heterocycles. The average molecular weight is 306 g/mol. The van der Waals surface area contributed by atoms with Gasteiger partial charge in [0.25, 0.3) is 0 Å². The van der Waals surface area contributed by atoms with Gasteiger partial charge in [-0.25, -0.2) is 0 Å². The van der Waals surface area contributed by atoms with Gasteiger partial charge in [0.15, 0.2) is 5.96 Å². The van der Waals surface area contributed by atoms with E-state index in [4.69, 9.17) is 0 Å². The molecular weight excluding hydrogens is 280 g/mol. The number of aromatic nitrogens is 2. The lowest BCUT2D eigenvalue weighted by Gasteiger charge is -2.35. The molecule has 0 bridgehead atoms. The molecule has 0 unspecified atom stereocenters. The Hall–Kier alpha value is -2.05. The van der Waals surface area contributed by atoms with Crippen LogP contribution in [0, 0.1) is 5.92 Å². The normalized spacial score (nSPS) is 16.6. The fraction of sp³-hybridized carbons (Fsp3) is 0.667. The Bertz CT molecular complexity index is 536. The number of aryl methyl sites for hydroxylation is 1. The number of carbonyl (C=O) groups is 1. The summed E-state index contributed by atoms with van der Waals surface area (Å²) >= 11 is 0. The average Bonchev–Trinajstić information content (AvgIpc) is 2.89. The summed E-state index contributed by atoms with van der Waals surface area (Å²) in [6, 6.07) is 0. The number of piperazine rings is 1. The fourth-order valence-corrected chi connectivity index (χ4v) is 2.48. The summed E-state index contributed by atoms with van der Waals surface area (Å²) in [7, 11) is 3.61. The van der Waals surface area contributed by atoms with Crippen LogP contribution in [-0.4, -0.2) is 59.8 Å². The molecule has 22 heavy (non-hydrogen) atoms. The summed E-state index contributed by atoms with van der Waals surface area (Å²) in [6.45, 7) is 7.02. The molecule has 122 valence electrons. The van der Waals surface area contributed by atoms with E-state index in [9.17, 15) is 4.79 Å². The molecular formula is C15H26N6O. The van der Waals surface area contributed by atoms with E-state index < -0.39 is 0 Å². The summed E-state index contributed by atoms with van der Waals surface area (Å²) in [4.78, 5) is 20.5. The molecule has 1 fully saturated rings. The zero-order valence-corrected chi connectivity index (χ0v) is 13.9. The molecule has 2 heterocycles. The molecule has 1 N–H and O–H groups in total. The predicted molar refractivity (Wildman–Crippen MR) is 88.0 cm³/mol. The molecule has 2 rings (SSSR count). The number of carbonyl (C=O) groups excluding carboxylic acids is 1. The highest BCUT2D eigenvalue weighted by Crippen LogP contribution is 2.16. The number of nitrogens with zero attached hydrogens (tertiary/aromatic N) is 5. The van der Waals surface area contributed by atoms with E-state index in [1.54, 1.807) is 22.8 Å². The number of aliphatic imine (C=N–C) groups is 1. The van der Waals surface area contributed by atoms with Crippen LogP contribution in [0.15, 0.2) is 17.4 Å². The lowest BCUT2D eigenvalue weighted by atomic mass is 10.1. The standard InChI is InChI=1S/C15H26N6O/c1-12(2)5-6-17-15(16-3)20-7-8-21(14(22)11-20)13-9-18-19(4)10-13/h9-10,12H,5-8,11H2,1-4H3,(H,16,17). The van der Waals surface area contributed by atoms with Crippen molar-refractivity contribution >= 4 is 17.6 Å². The smallest absolute Gasteiger partial charge is 0.246 e. The summed E-state index contributed by atoms with van der Waals surface area (Å²) < 4.78 is 1.71. The van der Waals surface area contributed by atoms with Crippen molar-refractivity contribution < 1.29 is 4.79 Å². The first-order chi connectivity index (χ1) is 10.5. The molecule has 1 aliphatic heterocycles. The third-order valence-electron chi connectivity index (χ3n) is 3.74. The molecule has 0 spiro atoms. The van der Waals surface area contributed by atoms with E-state index in [1.165, 1.54) is 0 Å². The van der Waals surface area contributed by atoms with Gasteiger partial charge in [0, 0.05) is 39.9 Å². The van der Waals surface area contributed by atoms with Gasteiger partial charge in [-0.1, -0.05) is 13.8 Å². The minimum Gasteiger partial charge on any atom is -0.356 e. The van der Waals surface area contributed by atoms with Crippen molar-refractivity contribution in [1.82, 2.24) is 20.0 Å². The Morgan fingerprint density at radius 3 is 2.77 bits per heavy atom. The highest BCUT2D eigenvalue weighted by atomic mass is 16.2. The molecule has 0 aliphatic carbocycles. The first kappa shape index (κ1) is 16.3. The molecule has 7 heteroatoms. The van der Waals surface area contributed by atoms with Crippen LogP contribution >= 0.6 is 0 Å². The summed E-state index contributed by atoms with van der Waals surface area (Å²) in [5.41, 5.74) is 0.856. The Morgan fingerprint density at radius 1 is 1.45 bits per heavy atom. The second kappa shape index (κ2) is 7.29. The number of hydrogen-bond acceptors (Lipinski definition) is 3. The fourth-order valence-electron chi connectivity index (χ4n) is 2.48. The topological polar surface area (TPSA) is 65.8 Å². The number of anilines is 1. The molecule has 7 nitrogen and oxygen atoms in total. The van der Waals surface area contributed by atoms with E-state index in [0.717, 1.165) is 31.2 Å². The minimum absolute atomic E-state index is 0.0751. The van der Waals surface area contributed by atoms with Crippen LogP contribution in [0.2, 0.25) is 0 Å². The van der Waals surface area contributed by atoms with Gasteiger partial charge in [0.2, 0.25) is 5.91 Å². The largest absolute Gasteiger partial charge is 0.356 e. The van der Waals surface area contributed by atoms with Crippen LogP contribution in [0.3, 0.4) is 0 Å². The number of amides is 1. The first-order valence-electron chi connectivity index (χ1n) is 7.76. The van der Waals surface area contributed by atoms with Gasteiger partial charge >= 0.3 is 0 Å². The molecule has 1 aromatic heterocycles. The van der Waals surface area contributed by atoms with Crippen molar-refractivity contribution in [2.75, 3.05) is 38.1 Å². The monoisotopic (exact) mass is 306 g/mol. The molecule has 0 radical (unpaired) electrons. The van der Waals surface area contributed by atoms with Crippen molar-refractivity contribution in [2.45, 2.75) is 20.3 Å². The number of nitrogens with one attached hydrogen (secondary N) is 1. The van der Waals surface area contributed by atoms with Crippen LogP contribution < -0.4 is 10.2 Å². The lowest BCUT2D eigenvalue weighted by Crippen LogP contribution is -2.55.